The van der Waals surface area contributed by atoms with E-state index in [1.165, 1.54) is 0 Å². The standard InChI is InChI=1S/C19H23N3O3/c1-12(2)16-5-4-15(18(23)21-16)19(24)22-8-9-25-17(11-22)14-6-7-20-13(3)10-14/h4-7,10,12,17H,8-9,11H2,1-3H3,(H,21,23)/t17-/m0/s1. The molecule has 0 saturated carbocycles. The van der Waals surface area contributed by atoms with Crippen LogP contribution < -0.4 is 5.56 Å². The van der Waals surface area contributed by atoms with Gasteiger partial charge in [-0.15, -0.1) is 0 Å². The van der Waals surface area contributed by atoms with Crippen LogP contribution in [0.3, 0.4) is 0 Å². The number of hydrogen-bond acceptors (Lipinski definition) is 4. The van der Waals surface area contributed by atoms with Crippen LogP contribution in [0.15, 0.2) is 35.3 Å². The van der Waals surface area contributed by atoms with E-state index in [4.69, 9.17) is 4.74 Å². The molecule has 0 radical (unpaired) electrons. The summed E-state index contributed by atoms with van der Waals surface area (Å²) in [5.41, 5.74) is 2.57. The predicted molar refractivity (Wildman–Crippen MR) is 94.7 cm³/mol. The van der Waals surface area contributed by atoms with Crippen LogP contribution in [0.2, 0.25) is 0 Å². The zero-order valence-corrected chi connectivity index (χ0v) is 14.8. The molecule has 1 atom stereocenters. The summed E-state index contributed by atoms with van der Waals surface area (Å²) >= 11 is 0. The van der Waals surface area contributed by atoms with E-state index in [0.717, 1.165) is 17.0 Å². The molecule has 0 unspecified atom stereocenters. The first-order chi connectivity index (χ1) is 12.0. The Bertz CT molecular complexity index is 829. The fraction of sp³-hybridized carbons (Fsp3) is 0.421. The smallest absolute Gasteiger partial charge is 0.261 e. The highest BCUT2D eigenvalue weighted by Crippen LogP contribution is 2.23. The highest BCUT2D eigenvalue weighted by atomic mass is 16.5. The molecular formula is C19H23N3O3. The molecule has 1 aliphatic rings. The number of aromatic amines is 1. The first kappa shape index (κ1) is 17.4. The van der Waals surface area contributed by atoms with Crippen molar-refractivity contribution in [3.05, 3.63) is 63.3 Å². The van der Waals surface area contributed by atoms with Crippen molar-refractivity contribution in [1.29, 1.82) is 0 Å². The van der Waals surface area contributed by atoms with Crippen LogP contribution >= 0.6 is 0 Å². The Morgan fingerprint density at radius 2 is 2.16 bits per heavy atom. The average molecular weight is 341 g/mol. The molecule has 1 N–H and O–H groups in total. The van der Waals surface area contributed by atoms with E-state index < -0.39 is 0 Å². The molecule has 132 valence electrons. The molecule has 6 heteroatoms. The number of pyridine rings is 2. The summed E-state index contributed by atoms with van der Waals surface area (Å²) in [7, 11) is 0. The first-order valence-electron chi connectivity index (χ1n) is 8.52. The second-order valence-corrected chi connectivity index (χ2v) is 6.65. The van der Waals surface area contributed by atoms with Crippen LogP contribution in [0.25, 0.3) is 0 Å². The number of carbonyl (C=O) groups excluding carboxylic acids is 1. The van der Waals surface area contributed by atoms with E-state index in [-0.39, 0.29) is 29.1 Å². The third kappa shape index (κ3) is 3.79. The van der Waals surface area contributed by atoms with Crippen molar-refractivity contribution in [2.45, 2.75) is 32.8 Å². The van der Waals surface area contributed by atoms with Gasteiger partial charge in [-0.25, -0.2) is 0 Å². The van der Waals surface area contributed by atoms with Gasteiger partial charge in [0.15, 0.2) is 0 Å². The van der Waals surface area contributed by atoms with Crippen LogP contribution in [0.1, 0.15) is 53.2 Å². The lowest BCUT2D eigenvalue weighted by Crippen LogP contribution is -2.44. The molecule has 0 aliphatic carbocycles. The number of morpholine rings is 1. The van der Waals surface area contributed by atoms with Gasteiger partial charge in [0, 0.05) is 24.1 Å². The van der Waals surface area contributed by atoms with Crippen LogP contribution in [-0.2, 0) is 4.74 Å². The lowest BCUT2D eigenvalue weighted by molar-refractivity contribution is -0.0229. The Kier molecular flexibility index (Phi) is 4.99. The Labute approximate surface area is 146 Å². The van der Waals surface area contributed by atoms with Gasteiger partial charge in [0.05, 0.1) is 13.2 Å². The number of amides is 1. The molecule has 3 heterocycles. The Morgan fingerprint density at radius 3 is 2.84 bits per heavy atom. The van der Waals surface area contributed by atoms with Gasteiger partial charge in [0.1, 0.15) is 11.7 Å². The van der Waals surface area contributed by atoms with Crippen molar-refractivity contribution in [2.24, 2.45) is 0 Å². The number of nitrogens with one attached hydrogen (secondary N) is 1. The average Bonchev–Trinajstić information content (AvgIpc) is 2.61. The lowest BCUT2D eigenvalue weighted by Gasteiger charge is -2.33. The summed E-state index contributed by atoms with van der Waals surface area (Å²) in [6.45, 7) is 7.26. The second kappa shape index (κ2) is 7.19. The molecule has 6 nitrogen and oxygen atoms in total. The fourth-order valence-electron chi connectivity index (χ4n) is 2.97. The molecule has 0 spiro atoms. The number of aryl methyl sites for hydroxylation is 1. The molecule has 0 bridgehead atoms. The number of ether oxygens (including phenoxy) is 1. The second-order valence-electron chi connectivity index (χ2n) is 6.65. The van der Waals surface area contributed by atoms with Crippen LogP contribution in [0.4, 0.5) is 0 Å². The van der Waals surface area contributed by atoms with Gasteiger partial charge in [-0.05, 0) is 42.7 Å². The van der Waals surface area contributed by atoms with Crippen LogP contribution in [0.5, 0.6) is 0 Å². The molecule has 2 aromatic rings. The number of aromatic nitrogens is 2. The quantitative estimate of drug-likeness (QED) is 0.930. The third-order valence-electron chi connectivity index (χ3n) is 4.43. The fourth-order valence-corrected chi connectivity index (χ4v) is 2.97. The number of carbonyl (C=O) groups is 1. The first-order valence-corrected chi connectivity index (χ1v) is 8.52. The molecule has 1 saturated heterocycles. The molecular weight excluding hydrogens is 318 g/mol. The molecule has 1 fully saturated rings. The van der Waals surface area contributed by atoms with E-state index >= 15 is 0 Å². The minimum atomic E-state index is -0.334. The van der Waals surface area contributed by atoms with Crippen molar-refractivity contribution < 1.29 is 9.53 Å². The number of rotatable bonds is 3. The van der Waals surface area contributed by atoms with Crippen molar-refractivity contribution >= 4 is 5.91 Å². The van der Waals surface area contributed by atoms with E-state index in [1.54, 1.807) is 17.2 Å². The zero-order valence-electron chi connectivity index (χ0n) is 14.8. The third-order valence-corrected chi connectivity index (χ3v) is 4.43. The Morgan fingerprint density at radius 1 is 1.36 bits per heavy atom. The minimum absolute atomic E-state index is 0.177. The normalized spacial score (nSPS) is 17.8. The number of hydrogen-bond donors (Lipinski definition) is 1. The van der Waals surface area contributed by atoms with Crippen molar-refractivity contribution in [2.75, 3.05) is 19.7 Å². The van der Waals surface area contributed by atoms with Gasteiger partial charge in [-0.2, -0.15) is 0 Å². The van der Waals surface area contributed by atoms with Gasteiger partial charge in [0.2, 0.25) is 0 Å². The summed E-state index contributed by atoms with van der Waals surface area (Å²) < 4.78 is 5.81. The van der Waals surface area contributed by atoms with Gasteiger partial charge >= 0.3 is 0 Å². The SMILES string of the molecule is Cc1cc([C@@H]2CN(C(=O)c3ccc(C(C)C)[nH]c3=O)CCO2)ccn1. The summed E-state index contributed by atoms with van der Waals surface area (Å²) in [5.74, 6) is -0.0461. The minimum Gasteiger partial charge on any atom is -0.370 e. The van der Waals surface area contributed by atoms with Gasteiger partial charge in [-0.1, -0.05) is 13.8 Å². The molecule has 25 heavy (non-hydrogen) atoms. The maximum absolute atomic E-state index is 12.8. The number of H-pyrrole nitrogens is 1. The molecule has 0 aromatic carbocycles. The van der Waals surface area contributed by atoms with Crippen LogP contribution in [0, 0.1) is 6.92 Å². The van der Waals surface area contributed by atoms with Gasteiger partial charge in [0.25, 0.3) is 11.5 Å². The topological polar surface area (TPSA) is 75.3 Å². The van der Waals surface area contributed by atoms with Gasteiger partial charge < -0.3 is 14.6 Å². The largest absolute Gasteiger partial charge is 0.370 e. The van der Waals surface area contributed by atoms with E-state index in [0.29, 0.717) is 19.7 Å². The lowest BCUT2D eigenvalue weighted by atomic mass is 10.1. The molecule has 1 amide bonds. The zero-order chi connectivity index (χ0) is 18.0. The highest BCUT2D eigenvalue weighted by molar-refractivity contribution is 5.94. The van der Waals surface area contributed by atoms with E-state index in [1.807, 2.05) is 39.0 Å². The summed E-state index contributed by atoms with van der Waals surface area (Å²) in [4.78, 5) is 33.7. The Hall–Kier alpha value is -2.47. The van der Waals surface area contributed by atoms with Crippen molar-refractivity contribution in [3.63, 3.8) is 0 Å². The highest BCUT2D eigenvalue weighted by Gasteiger charge is 2.27. The maximum atomic E-state index is 12.8. The van der Waals surface area contributed by atoms with Crippen LogP contribution in [-0.4, -0.2) is 40.5 Å². The summed E-state index contributed by atoms with van der Waals surface area (Å²) in [6, 6.07) is 7.29. The summed E-state index contributed by atoms with van der Waals surface area (Å²) in [6.07, 6.45) is 1.54. The molecule has 2 aromatic heterocycles. The van der Waals surface area contributed by atoms with Crippen molar-refractivity contribution in [3.8, 4) is 0 Å². The monoisotopic (exact) mass is 341 g/mol. The van der Waals surface area contributed by atoms with E-state index in [9.17, 15) is 9.59 Å². The van der Waals surface area contributed by atoms with Crippen molar-refractivity contribution in [1.82, 2.24) is 14.9 Å². The Balaban J connectivity index is 1.79. The molecule has 3 rings (SSSR count). The maximum Gasteiger partial charge on any atom is 0.261 e. The number of nitrogens with zero attached hydrogens (tertiary/aromatic N) is 2. The van der Waals surface area contributed by atoms with Gasteiger partial charge in [-0.3, -0.25) is 14.6 Å². The molecule has 1 aliphatic heterocycles. The predicted octanol–water partition coefficient (Wildman–Crippen LogP) is 2.42. The summed E-state index contributed by atoms with van der Waals surface area (Å²) in [5, 5.41) is 0. The van der Waals surface area contributed by atoms with E-state index in [2.05, 4.69) is 9.97 Å².